The summed E-state index contributed by atoms with van der Waals surface area (Å²) in [6.07, 6.45) is -2.67. The molecule has 210 valence electrons. The van der Waals surface area contributed by atoms with Gasteiger partial charge in [-0.05, 0) is 40.0 Å². The number of alkyl halides is 2. The Labute approximate surface area is 224 Å². The second kappa shape index (κ2) is 11.0. The largest absolute Gasteiger partial charge is 0.415 e. The number of hydrogen-bond acceptors (Lipinski definition) is 8. The van der Waals surface area contributed by atoms with Gasteiger partial charge in [-0.3, -0.25) is 0 Å². The molecular formula is C26H30F3N5O4S. The summed E-state index contributed by atoms with van der Waals surface area (Å²) in [5, 5.41) is 3.33. The lowest BCUT2D eigenvalue weighted by Gasteiger charge is -2.37. The van der Waals surface area contributed by atoms with Crippen molar-refractivity contribution in [3.05, 3.63) is 53.1 Å². The van der Waals surface area contributed by atoms with Crippen LogP contribution in [0.1, 0.15) is 43.3 Å². The molecule has 9 nitrogen and oxygen atoms in total. The van der Waals surface area contributed by atoms with Gasteiger partial charge in [-0.1, -0.05) is 18.2 Å². The number of carbonyl (C=O) groups excluding carboxylic acids is 1. The number of benzene rings is 2. The van der Waals surface area contributed by atoms with Crippen molar-refractivity contribution in [1.82, 2.24) is 19.8 Å². The van der Waals surface area contributed by atoms with Gasteiger partial charge in [0.25, 0.3) is 6.43 Å². The molecule has 1 fully saturated rings. The summed E-state index contributed by atoms with van der Waals surface area (Å²) in [6.45, 7) is 6.73. The number of nitrogens with zero attached hydrogens (tertiary/aromatic N) is 4. The number of hydrogen-bond donors (Lipinski definition) is 1. The van der Waals surface area contributed by atoms with Gasteiger partial charge in [0.05, 0.1) is 17.1 Å². The molecule has 0 bridgehead atoms. The second-order valence-corrected chi connectivity index (χ2v) is 11.8. The van der Waals surface area contributed by atoms with Crippen LogP contribution in [-0.4, -0.2) is 73.3 Å². The van der Waals surface area contributed by atoms with Crippen LogP contribution in [0, 0.1) is 12.7 Å². The van der Waals surface area contributed by atoms with Gasteiger partial charge in [-0.25, -0.2) is 36.4 Å². The van der Waals surface area contributed by atoms with Gasteiger partial charge in [0, 0.05) is 42.9 Å². The second-order valence-electron chi connectivity index (χ2n) is 9.80. The summed E-state index contributed by atoms with van der Waals surface area (Å²) in [5.41, 5.74) is -0.470. The fraction of sp³-hybridized carbons (Fsp3) is 0.423. The van der Waals surface area contributed by atoms with Gasteiger partial charge >= 0.3 is 6.09 Å². The highest BCUT2D eigenvalue weighted by Gasteiger charge is 2.29. The molecule has 1 aliphatic heterocycles. The lowest BCUT2D eigenvalue weighted by atomic mass is 10.0. The molecule has 0 saturated carbocycles. The minimum absolute atomic E-state index is 0.000627. The number of sulfone groups is 1. The van der Waals surface area contributed by atoms with Gasteiger partial charge in [-0.2, -0.15) is 0 Å². The Bertz CT molecular complexity index is 1520. The maximum absolute atomic E-state index is 14.8. The molecule has 1 amide bonds. The zero-order valence-corrected chi connectivity index (χ0v) is 23.0. The Kier molecular flexibility index (Phi) is 8.03. The Hall–Kier alpha value is -3.45. The number of aryl methyl sites for hydroxylation is 1. The normalized spacial score (nSPS) is 17.5. The number of rotatable bonds is 6. The molecule has 2 heterocycles. The van der Waals surface area contributed by atoms with Crippen LogP contribution in [0.2, 0.25) is 0 Å². The lowest BCUT2D eigenvalue weighted by Crippen LogP contribution is -2.53. The van der Waals surface area contributed by atoms with Gasteiger partial charge in [-0.15, -0.1) is 0 Å². The Morgan fingerprint density at radius 1 is 1.18 bits per heavy atom. The lowest BCUT2D eigenvalue weighted by molar-refractivity contribution is 0.0887. The van der Waals surface area contributed by atoms with E-state index in [-0.39, 0.29) is 39.4 Å². The van der Waals surface area contributed by atoms with E-state index in [0.29, 0.717) is 25.0 Å². The zero-order valence-electron chi connectivity index (χ0n) is 22.2. The van der Waals surface area contributed by atoms with Crippen molar-refractivity contribution in [2.45, 2.75) is 44.2 Å². The average molecular weight is 566 g/mol. The number of piperazine rings is 1. The number of fused-ring (bicyclic) bond motifs is 1. The van der Waals surface area contributed by atoms with Crippen molar-refractivity contribution in [3.8, 4) is 5.75 Å². The molecule has 0 unspecified atom stereocenters. The fourth-order valence-corrected chi connectivity index (χ4v) is 5.44. The van der Waals surface area contributed by atoms with Crippen LogP contribution in [-0.2, 0) is 9.84 Å². The van der Waals surface area contributed by atoms with Crippen molar-refractivity contribution < 1.29 is 31.1 Å². The first-order valence-electron chi connectivity index (χ1n) is 12.3. The quantitative estimate of drug-likeness (QED) is 0.458. The third kappa shape index (κ3) is 6.09. The molecular weight excluding hydrogens is 535 g/mol. The van der Waals surface area contributed by atoms with Crippen molar-refractivity contribution in [2.75, 3.05) is 38.3 Å². The fourth-order valence-electron chi connectivity index (χ4n) is 4.65. The zero-order chi connectivity index (χ0) is 28.6. The Morgan fingerprint density at radius 3 is 2.51 bits per heavy atom. The van der Waals surface area contributed by atoms with Gasteiger partial charge < -0.3 is 19.9 Å². The number of carbonyl (C=O) groups is 1. The summed E-state index contributed by atoms with van der Waals surface area (Å²) in [4.78, 5) is 25.2. The Morgan fingerprint density at radius 2 is 1.87 bits per heavy atom. The van der Waals surface area contributed by atoms with E-state index in [2.05, 4.69) is 20.2 Å². The molecule has 1 aliphatic rings. The van der Waals surface area contributed by atoms with E-state index in [1.165, 1.54) is 29.2 Å². The van der Waals surface area contributed by atoms with Crippen LogP contribution in [0.5, 0.6) is 5.75 Å². The summed E-state index contributed by atoms with van der Waals surface area (Å²) >= 11 is 0. The molecule has 4 rings (SSSR count). The van der Waals surface area contributed by atoms with Crippen LogP contribution >= 0.6 is 0 Å². The molecule has 13 heteroatoms. The predicted molar refractivity (Wildman–Crippen MR) is 140 cm³/mol. The smallest absolute Gasteiger partial charge is 0.409 e. The minimum Gasteiger partial charge on any atom is -0.409 e. The first kappa shape index (κ1) is 28.6. The number of ether oxygens (including phenoxy) is 1. The number of amides is 1. The predicted octanol–water partition coefficient (Wildman–Crippen LogP) is 4.73. The molecule has 0 radical (unpaired) electrons. The van der Waals surface area contributed by atoms with Crippen LogP contribution in [0.25, 0.3) is 10.9 Å². The summed E-state index contributed by atoms with van der Waals surface area (Å²) in [6, 6.07) is 5.45. The number of nitrogens with one attached hydrogen (secondary N) is 1. The molecule has 1 saturated heterocycles. The highest BCUT2D eigenvalue weighted by molar-refractivity contribution is 7.90. The van der Waals surface area contributed by atoms with E-state index in [0.717, 1.165) is 12.3 Å². The number of anilines is 1. The third-order valence-electron chi connectivity index (χ3n) is 6.65. The van der Waals surface area contributed by atoms with Crippen LogP contribution in [0.15, 0.2) is 35.2 Å². The van der Waals surface area contributed by atoms with E-state index in [1.807, 2.05) is 14.0 Å². The molecule has 3 aromatic rings. The van der Waals surface area contributed by atoms with Crippen molar-refractivity contribution in [1.29, 1.82) is 0 Å². The molecule has 2 aromatic carbocycles. The van der Waals surface area contributed by atoms with Gasteiger partial charge in [0.2, 0.25) is 0 Å². The van der Waals surface area contributed by atoms with Crippen LogP contribution in [0.3, 0.4) is 0 Å². The molecule has 0 aliphatic carbocycles. The van der Waals surface area contributed by atoms with E-state index in [9.17, 15) is 26.4 Å². The van der Waals surface area contributed by atoms with Gasteiger partial charge in [0.1, 0.15) is 22.4 Å². The Balaban J connectivity index is 1.76. The maximum Gasteiger partial charge on any atom is 0.415 e. The van der Waals surface area contributed by atoms with E-state index >= 15 is 0 Å². The average Bonchev–Trinajstić information content (AvgIpc) is 2.83. The standard InChI is InChI=1S/C26H30F3N5O4S/c1-14-13-33(4)9-10-34(14)26(35)38-21-11-19-20(12-22(21)39(5,36)37)31-16(3)32-25(19)30-15(2)17-7-6-8-18(23(17)27)24(28)29/h6-8,11-12,14-15,24H,9-10,13H2,1-5H3,(H,30,31,32)/t14-,15+/m0/s1. The monoisotopic (exact) mass is 565 g/mol. The summed E-state index contributed by atoms with van der Waals surface area (Å²) < 4.78 is 72.2. The third-order valence-corrected chi connectivity index (χ3v) is 7.77. The number of likely N-dealkylation sites (N-methyl/N-ethyl adjacent to an activating group) is 1. The maximum atomic E-state index is 14.8. The minimum atomic E-state index is -3.84. The van der Waals surface area contributed by atoms with Crippen LogP contribution in [0.4, 0.5) is 23.8 Å². The van der Waals surface area contributed by atoms with Crippen LogP contribution < -0.4 is 10.1 Å². The molecule has 0 spiro atoms. The summed E-state index contributed by atoms with van der Waals surface area (Å²) in [7, 11) is -1.90. The topological polar surface area (TPSA) is 105 Å². The van der Waals surface area contributed by atoms with E-state index in [4.69, 9.17) is 4.74 Å². The van der Waals surface area contributed by atoms with Crippen molar-refractivity contribution in [2.24, 2.45) is 0 Å². The summed E-state index contributed by atoms with van der Waals surface area (Å²) in [5.74, 6) is -0.750. The SMILES string of the molecule is Cc1nc(N[C@H](C)c2cccc(C(F)F)c2F)c2cc(OC(=O)N3CCN(C)C[C@@H]3C)c(S(C)(=O)=O)cc2n1. The molecule has 1 N–H and O–H groups in total. The van der Waals surface area contributed by atoms with Crippen molar-refractivity contribution in [3.63, 3.8) is 0 Å². The first-order chi connectivity index (χ1) is 18.3. The van der Waals surface area contributed by atoms with Crippen molar-refractivity contribution >= 4 is 32.7 Å². The number of halogens is 3. The molecule has 1 aromatic heterocycles. The van der Waals surface area contributed by atoms with E-state index < -0.39 is 39.8 Å². The highest BCUT2D eigenvalue weighted by Crippen LogP contribution is 2.35. The highest BCUT2D eigenvalue weighted by atomic mass is 32.2. The first-order valence-corrected chi connectivity index (χ1v) is 14.2. The molecule has 2 atom stereocenters. The van der Waals surface area contributed by atoms with E-state index in [1.54, 1.807) is 13.8 Å². The molecule has 39 heavy (non-hydrogen) atoms. The number of aromatic nitrogens is 2. The van der Waals surface area contributed by atoms with Gasteiger partial charge in [0.15, 0.2) is 15.6 Å².